The summed E-state index contributed by atoms with van der Waals surface area (Å²) < 4.78 is 7.17. The van der Waals surface area contributed by atoms with Gasteiger partial charge in [-0.1, -0.05) is 28.6 Å². The third-order valence-electron chi connectivity index (χ3n) is 2.76. The topological polar surface area (TPSA) is 89.9 Å². The van der Waals surface area contributed by atoms with Crippen molar-refractivity contribution in [2.45, 2.75) is 17.5 Å². The molecule has 7 nitrogen and oxygen atoms in total. The number of nitrogens with zero attached hydrogens (tertiary/aromatic N) is 5. The van der Waals surface area contributed by atoms with Crippen molar-refractivity contribution < 1.29 is 9.52 Å². The molecule has 114 valence electrons. The summed E-state index contributed by atoms with van der Waals surface area (Å²) in [6.45, 7) is 0.461. The maximum Gasteiger partial charge on any atom is 0.277 e. The summed E-state index contributed by atoms with van der Waals surface area (Å²) in [6, 6.07) is 7.19. The Bertz CT molecular complexity index is 743. The fourth-order valence-corrected chi connectivity index (χ4v) is 2.50. The normalized spacial score (nSPS) is 11.0. The summed E-state index contributed by atoms with van der Waals surface area (Å²) in [5.41, 5.74) is 1.60. The van der Waals surface area contributed by atoms with Crippen LogP contribution >= 0.6 is 23.4 Å². The van der Waals surface area contributed by atoms with Crippen LogP contribution in [-0.4, -0.2) is 36.9 Å². The fraction of sp³-hybridized carbons (Fsp3) is 0.231. The summed E-state index contributed by atoms with van der Waals surface area (Å²) >= 11 is 7.22. The summed E-state index contributed by atoms with van der Waals surface area (Å²) in [5, 5.41) is 25.8. The van der Waals surface area contributed by atoms with E-state index in [0.29, 0.717) is 28.4 Å². The van der Waals surface area contributed by atoms with Crippen molar-refractivity contribution in [3.8, 4) is 11.5 Å². The highest BCUT2D eigenvalue weighted by Gasteiger charge is 2.10. The van der Waals surface area contributed by atoms with E-state index in [9.17, 15) is 0 Å². The zero-order valence-corrected chi connectivity index (χ0v) is 13.0. The van der Waals surface area contributed by atoms with Gasteiger partial charge >= 0.3 is 0 Å². The van der Waals surface area contributed by atoms with Crippen molar-refractivity contribution >= 4 is 23.4 Å². The van der Waals surface area contributed by atoms with Crippen LogP contribution in [0.2, 0.25) is 5.02 Å². The second kappa shape index (κ2) is 6.91. The first-order chi connectivity index (χ1) is 10.7. The number of halogens is 1. The third-order valence-corrected chi connectivity index (χ3v) is 3.86. The highest BCUT2D eigenvalue weighted by atomic mass is 35.5. The number of rotatable bonds is 6. The molecule has 2 aromatic heterocycles. The fourth-order valence-electron chi connectivity index (χ4n) is 1.73. The van der Waals surface area contributed by atoms with Crippen LogP contribution in [0.4, 0.5) is 0 Å². The Kier molecular flexibility index (Phi) is 4.71. The van der Waals surface area contributed by atoms with Crippen molar-refractivity contribution in [2.24, 2.45) is 0 Å². The van der Waals surface area contributed by atoms with Crippen LogP contribution in [0, 0.1) is 0 Å². The van der Waals surface area contributed by atoms with E-state index in [4.69, 9.17) is 21.1 Å². The molecule has 2 heterocycles. The molecule has 0 unspecified atom stereocenters. The largest absolute Gasteiger partial charge is 0.411 e. The Hall–Kier alpha value is -1.90. The summed E-state index contributed by atoms with van der Waals surface area (Å²) in [4.78, 5) is 0. The average molecular weight is 338 g/mol. The molecule has 0 saturated heterocycles. The number of hydrogen-bond acceptors (Lipinski definition) is 7. The Morgan fingerprint density at radius 3 is 2.77 bits per heavy atom. The first kappa shape index (κ1) is 15.0. The van der Waals surface area contributed by atoms with Gasteiger partial charge in [-0.05, 0) is 24.3 Å². The van der Waals surface area contributed by atoms with E-state index in [-0.39, 0.29) is 6.61 Å². The van der Waals surface area contributed by atoms with Crippen molar-refractivity contribution in [2.75, 3.05) is 6.61 Å². The van der Waals surface area contributed by atoms with Gasteiger partial charge in [0.25, 0.3) is 5.22 Å². The van der Waals surface area contributed by atoms with Crippen molar-refractivity contribution in [1.82, 2.24) is 25.2 Å². The molecule has 1 N–H and O–H groups in total. The number of thioether (sulfide) groups is 1. The number of hydrogen-bond donors (Lipinski definition) is 1. The maximum atomic E-state index is 8.83. The van der Waals surface area contributed by atoms with Crippen molar-refractivity contribution in [1.29, 1.82) is 0 Å². The molecule has 0 aliphatic carbocycles. The average Bonchev–Trinajstić information content (AvgIpc) is 3.16. The van der Waals surface area contributed by atoms with Gasteiger partial charge in [0.1, 0.15) is 0 Å². The number of aliphatic hydroxyl groups is 1. The lowest BCUT2D eigenvalue weighted by atomic mass is 10.2. The van der Waals surface area contributed by atoms with Gasteiger partial charge in [-0.2, -0.15) is 0 Å². The van der Waals surface area contributed by atoms with E-state index in [1.807, 2.05) is 12.1 Å². The predicted octanol–water partition coefficient (Wildman–Crippen LogP) is 2.27. The summed E-state index contributed by atoms with van der Waals surface area (Å²) in [5.74, 6) is 1.01. The van der Waals surface area contributed by atoms with Gasteiger partial charge in [-0.25, -0.2) is 4.68 Å². The molecule has 3 rings (SSSR count). The first-order valence-electron chi connectivity index (χ1n) is 6.47. The predicted molar refractivity (Wildman–Crippen MR) is 81.4 cm³/mol. The van der Waals surface area contributed by atoms with Crippen LogP contribution in [0.15, 0.2) is 40.1 Å². The van der Waals surface area contributed by atoms with E-state index >= 15 is 0 Å². The molecule has 0 atom stereocenters. The van der Waals surface area contributed by atoms with E-state index in [2.05, 4.69) is 20.5 Å². The van der Waals surface area contributed by atoms with Crippen LogP contribution in [0.3, 0.4) is 0 Å². The zero-order valence-electron chi connectivity index (χ0n) is 11.4. The molecular weight excluding hydrogens is 326 g/mol. The zero-order chi connectivity index (χ0) is 15.4. The molecule has 0 spiro atoms. The van der Waals surface area contributed by atoms with Gasteiger partial charge in [0.05, 0.1) is 18.8 Å². The summed E-state index contributed by atoms with van der Waals surface area (Å²) in [6.07, 6.45) is 1.78. The lowest BCUT2D eigenvalue weighted by molar-refractivity contribution is 0.268. The van der Waals surface area contributed by atoms with Crippen LogP contribution < -0.4 is 0 Å². The minimum absolute atomic E-state index is 0.0318. The van der Waals surface area contributed by atoms with Crippen LogP contribution in [0.25, 0.3) is 11.5 Å². The molecule has 0 saturated carbocycles. The first-order valence-corrected chi connectivity index (χ1v) is 7.83. The third kappa shape index (κ3) is 3.65. The standard InChI is InChI=1S/C13H12ClN5O2S/c14-10-3-1-9(2-4-10)12-16-17-13(21-12)22-8-11-7-19(5-6-20)18-15-11/h1-4,7,20H,5-6,8H2. The van der Waals surface area contributed by atoms with E-state index < -0.39 is 0 Å². The highest BCUT2D eigenvalue weighted by molar-refractivity contribution is 7.98. The minimum Gasteiger partial charge on any atom is -0.411 e. The van der Waals surface area contributed by atoms with E-state index in [0.717, 1.165) is 11.3 Å². The van der Waals surface area contributed by atoms with Crippen molar-refractivity contribution in [3.63, 3.8) is 0 Å². The Labute approximate surface area is 135 Å². The van der Waals surface area contributed by atoms with Gasteiger partial charge in [-0.3, -0.25) is 0 Å². The lowest BCUT2D eigenvalue weighted by Crippen LogP contribution is -2.02. The smallest absolute Gasteiger partial charge is 0.277 e. The Morgan fingerprint density at radius 2 is 2.00 bits per heavy atom. The van der Waals surface area contributed by atoms with Gasteiger partial charge in [0.15, 0.2) is 0 Å². The van der Waals surface area contributed by atoms with Gasteiger partial charge in [-0.15, -0.1) is 15.3 Å². The maximum absolute atomic E-state index is 8.83. The molecule has 0 aliphatic heterocycles. The lowest BCUT2D eigenvalue weighted by Gasteiger charge is -1.94. The Balaban J connectivity index is 1.62. The quantitative estimate of drug-likeness (QED) is 0.690. The molecule has 22 heavy (non-hydrogen) atoms. The van der Waals surface area contributed by atoms with Gasteiger partial charge in [0.2, 0.25) is 5.89 Å². The minimum atomic E-state index is 0.0318. The molecule has 0 radical (unpaired) electrons. The molecule has 0 amide bonds. The van der Waals surface area contributed by atoms with Gasteiger partial charge < -0.3 is 9.52 Å². The second-order valence-electron chi connectivity index (χ2n) is 4.37. The molecule has 0 bridgehead atoms. The van der Waals surface area contributed by atoms with E-state index in [1.165, 1.54) is 11.8 Å². The van der Waals surface area contributed by atoms with Crippen LogP contribution in [0.5, 0.6) is 0 Å². The van der Waals surface area contributed by atoms with Crippen LogP contribution in [0.1, 0.15) is 5.69 Å². The SMILES string of the molecule is OCCn1cc(CSc2nnc(-c3ccc(Cl)cc3)o2)nn1. The Morgan fingerprint density at radius 1 is 1.18 bits per heavy atom. The number of aliphatic hydroxyl groups excluding tert-OH is 1. The number of aromatic nitrogens is 5. The molecule has 1 aromatic carbocycles. The molecule has 9 heteroatoms. The molecule has 3 aromatic rings. The summed E-state index contributed by atoms with van der Waals surface area (Å²) in [7, 11) is 0. The van der Waals surface area contributed by atoms with Gasteiger partial charge in [0, 0.05) is 22.5 Å². The number of benzene rings is 1. The molecule has 0 fully saturated rings. The molecular formula is C13H12ClN5O2S. The highest BCUT2D eigenvalue weighted by Crippen LogP contribution is 2.25. The van der Waals surface area contributed by atoms with E-state index in [1.54, 1.807) is 23.0 Å². The van der Waals surface area contributed by atoms with Crippen molar-refractivity contribution in [3.05, 3.63) is 41.2 Å². The van der Waals surface area contributed by atoms with Crippen LogP contribution in [-0.2, 0) is 12.3 Å². The molecule has 0 aliphatic rings. The second-order valence-corrected chi connectivity index (χ2v) is 5.73. The monoisotopic (exact) mass is 337 g/mol.